The third-order valence-corrected chi connectivity index (χ3v) is 6.59. The SMILES string of the molecule is O=C(C=Cc1ccc(-n2cc(CCN3CCCOCC3)c3ccccc32)cc1)NCc1cccnc1. The summed E-state index contributed by atoms with van der Waals surface area (Å²) >= 11 is 0. The van der Waals surface area contributed by atoms with E-state index in [0.29, 0.717) is 6.54 Å². The second-order valence-corrected chi connectivity index (χ2v) is 9.10. The maximum atomic E-state index is 12.2. The van der Waals surface area contributed by atoms with Crippen molar-refractivity contribution in [3.63, 3.8) is 0 Å². The Kier molecular flexibility index (Phi) is 7.86. The van der Waals surface area contributed by atoms with Gasteiger partial charge in [-0.3, -0.25) is 9.78 Å². The van der Waals surface area contributed by atoms with Gasteiger partial charge in [-0.25, -0.2) is 0 Å². The van der Waals surface area contributed by atoms with E-state index < -0.39 is 0 Å². The van der Waals surface area contributed by atoms with E-state index in [1.54, 1.807) is 18.5 Å². The Morgan fingerprint density at radius 1 is 1.03 bits per heavy atom. The van der Waals surface area contributed by atoms with Crippen LogP contribution in [0, 0.1) is 0 Å². The Morgan fingerprint density at radius 2 is 1.92 bits per heavy atom. The number of aromatic nitrogens is 2. The molecule has 0 aliphatic carbocycles. The van der Waals surface area contributed by atoms with Crippen LogP contribution in [0.5, 0.6) is 0 Å². The van der Waals surface area contributed by atoms with Crippen LogP contribution >= 0.6 is 0 Å². The summed E-state index contributed by atoms with van der Waals surface area (Å²) in [5.41, 5.74) is 5.64. The summed E-state index contributed by atoms with van der Waals surface area (Å²) in [6.07, 6.45) is 11.3. The molecule has 0 saturated carbocycles. The zero-order valence-electron chi connectivity index (χ0n) is 20.5. The van der Waals surface area contributed by atoms with Crippen LogP contribution in [0.2, 0.25) is 0 Å². The third-order valence-electron chi connectivity index (χ3n) is 6.59. The predicted octanol–water partition coefficient (Wildman–Crippen LogP) is 4.62. The number of rotatable bonds is 8. The molecular formula is C30H32N4O2. The lowest BCUT2D eigenvalue weighted by atomic mass is 10.1. The fourth-order valence-electron chi connectivity index (χ4n) is 4.63. The summed E-state index contributed by atoms with van der Waals surface area (Å²) in [4.78, 5) is 18.8. The van der Waals surface area contributed by atoms with Gasteiger partial charge < -0.3 is 19.5 Å². The Morgan fingerprint density at radius 3 is 2.78 bits per heavy atom. The van der Waals surface area contributed by atoms with Crippen LogP contribution in [0.4, 0.5) is 0 Å². The highest BCUT2D eigenvalue weighted by molar-refractivity contribution is 5.91. The van der Waals surface area contributed by atoms with Crippen molar-refractivity contribution in [2.75, 3.05) is 32.8 Å². The third kappa shape index (κ3) is 6.08. The van der Waals surface area contributed by atoms with E-state index in [1.807, 2.05) is 30.3 Å². The molecule has 0 bridgehead atoms. The lowest BCUT2D eigenvalue weighted by Gasteiger charge is -2.18. The summed E-state index contributed by atoms with van der Waals surface area (Å²) in [7, 11) is 0. The Labute approximate surface area is 212 Å². The van der Waals surface area contributed by atoms with Gasteiger partial charge in [-0.2, -0.15) is 0 Å². The zero-order chi connectivity index (χ0) is 24.6. The van der Waals surface area contributed by atoms with E-state index >= 15 is 0 Å². The summed E-state index contributed by atoms with van der Waals surface area (Å²) in [6, 6.07) is 20.7. The molecule has 1 fully saturated rings. The molecule has 1 N–H and O–H groups in total. The average molecular weight is 481 g/mol. The van der Waals surface area contributed by atoms with Gasteiger partial charge in [0.05, 0.1) is 12.1 Å². The number of amides is 1. The topological polar surface area (TPSA) is 59.4 Å². The maximum absolute atomic E-state index is 12.2. The molecule has 184 valence electrons. The van der Waals surface area contributed by atoms with Crippen molar-refractivity contribution in [3.05, 3.63) is 102 Å². The molecule has 1 aliphatic heterocycles. The molecule has 6 nitrogen and oxygen atoms in total. The van der Waals surface area contributed by atoms with Crippen LogP contribution in [-0.4, -0.2) is 53.2 Å². The van der Waals surface area contributed by atoms with Crippen molar-refractivity contribution in [1.29, 1.82) is 0 Å². The van der Waals surface area contributed by atoms with Crippen molar-refractivity contribution in [1.82, 2.24) is 19.8 Å². The van der Waals surface area contributed by atoms with Gasteiger partial charge in [0.25, 0.3) is 0 Å². The number of pyridine rings is 1. The first kappa shape index (κ1) is 24.0. The minimum atomic E-state index is -0.125. The van der Waals surface area contributed by atoms with Crippen molar-refractivity contribution in [3.8, 4) is 5.69 Å². The number of hydrogen-bond acceptors (Lipinski definition) is 4. The first-order valence-corrected chi connectivity index (χ1v) is 12.6. The van der Waals surface area contributed by atoms with Crippen LogP contribution in [0.15, 0.2) is 85.3 Å². The van der Waals surface area contributed by atoms with E-state index in [2.05, 4.69) is 62.4 Å². The standard InChI is InChI=1S/C30H32N4O2/c35-30(32-22-25-5-3-15-31-21-25)13-10-24-8-11-27(12-9-24)34-23-26(28-6-1-2-7-29(28)34)14-17-33-16-4-19-36-20-18-33/h1-3,5-13,15,21,23H,4,14,16-20,22H2,(H,32,35). The van der Waals surface area contributed by atoms with Gasteiger partial charge in [0, 0.05) is 68.5 Å². The number of benzene rings is 2. The molecule has 36 heavy (non-hydrogen) atoms. The van der Waals surface area contributed by atoms with Crippen molar-refractivity contribution >= 4 is 22.9 Å². The number of nitrogens with one attached hydrogen (secondary N) is 1. The molecule has 2 aromatic carbocycles. The molecular weight excluding hydrogens is 448 g/mol. The van der Waals surface area contributed by atoms with Crippen molar-refractivity contribution < 1.29 is 9.53 Å². The Hall–Kier alpha value is -3.74. The Bertz CT molecular complexity index is 1300. The molecule has 0 spiro atoms. The number of carbonyl (C=O) groups is 1. The highest BCUT2D eigenvalue weighted by Crippen LogP contribution is 2.26. The molecule has 5 rings (SSSR count). The summed E-state index contributed by atoms with van der Waals surface area (Å²) in [5, 5.41) is 4.19. The molecule has 0 radical (unpaired) electrons. The summed E-state index contributed by atoms with van der Waals surface area (Å²) in [6.45, 7) is 5.32. The molecule has 0 unspecified atom stereocenters. The van der Waals surface area contributed by atoms with Gasteiger partial charge >= 0.3 is 0 Å². The van der Waals surface area contributed by atoms with Crippen LogP contribution in [-0.2, 0) is 22.5 Å². The average Bonchev–Trinajstić information content (AvgIpc) is 3.09. The molecule has 4 aromatic rings. The summed E-state index contributed by atoms with van der Waals surface area (Å²) in [5.74, 6) is -0.125. The monoisotopic (exact) mass is 480 g/mol. The number of fused-ring (bicyclic) bond motifs is 1. The number of nitrogens with zero attached hydrogens (tertiary/aromatic N) is 3. The molecule has 2 aromatic heterocycles. The normalized spacial score (nSPS) is 14.8. The Balaban J connectivity index is 1.25. The molecule has 3 heterocycles. The van der Waals surface area contributed by atoms with E-state index in [-0.39, 0.29) is 5.91 Å². The lowest BCUT2D eigenvalue weighted by Crippen LogP contribution is -2.28. The van der Waals surface area contributed by atoms with E-state index in [0.717, 1.165) is 62.5 Å². The minimum absolute atomic E-state index is 0.125. The number of carbonyl (C=O) groups excluding carboxylic acids is 1. The second-order valence-electron chi connectivity index (χ2n) is 9.10. The molecule has 1 amide bonds. The first-order chi connectivity index (χ1) is 17.8. The van der Waals surface area contributed by atoms with E-state index in [9.17, 15) is 4.79 Å². The van der Waals surface area contributed by atoms with E-state index in [1.165, 1.54) is 16.5 Å². The largest absolute Gasteiger partial charge is 0.380 e. The molecule has 1 saturated heterocycles. The maximum Gasteiger partial charge on any atom is 0.244 e. The smallest absolute Gasteiger partial charge is 0.244 e. The van der Waals surface area contributed by atoms with Crippen molar-refractivity contribution in [2.24, 2.45) is 0 Å². The number of para-hydroxylation sites is 1. The molecule has 6 heteroatoms. The van der Waals surface area contributed by atoms with Crippen molar-refractivity contribution in [2.45, 2.75) is 19.4 Å². The second kappa shape index (κ2) is 11.8. The quantitative estimate of drug-likeness (QED) is 0.374. The zero-order valence-corrected chi connectivity index (χ0v) is 20.5. The summed E-state index contributed by atoms with van der Waals surface area (Å²) < 4.78 is 7.87. The fraction of sp³-hybridized carbons (Fsp3) is 0.267. The van der Waals surface area contributed by atoms with Gasteiger partial charge in [-0.05, 0) is 59.9 Å². The number of hydrogen-bond donors (Lipinski definition) is 1. The van der Waals surface area contributed by atoms with Crippen LogP contribution in [0.25, 0.3) is 22.7 Å². The van der Waals surface area contributed by atoms with Gasteiger partial charge in [-0.15, -0.1) is 0 Å². The predicted molar refractivity (Wildman–Crippen MR) is 144 cm³/mol. The first-order valence-electron chi connectivity index (χ1n) is 12.6. The van der Waals surface area contributed by atoms with Gasteiger partial charge in [0.15, 0.2) is 0 Å². The highest BCUT2D eigenvalue weighted by atomic mass is 16.5. The van der Waals surface area contributed by atoms with Crippen LogP contribution in [0.3, 0.4) is 0 Å². The number of ether oxygens (including phenoxy) is 1. The fourth-order valence-corrected chi connectivity index (χ4v) is 4.63. The minimum Gasteiger partial charge on any atom is -0.380 e. The van der Waals surface area contributed by atoms with Gasteiger partial charge in [-0.1, -0.05) is 36.4 Å². The molecule has 1 aliphatic rings. The lowest BCUT2D eigenvalue weighted by molar-refractivity contribution is -0.116. The highest BCUT2D eigenvalue weighted by Gasteiger charge is 2.13. The molecule has 0 atom stereocenters. The van der Waals surface area contributed by atoms with Crippen LogP contribution in [0.1, 0.15) is 23.1 Å². The van der Waals surface area contributed by atoms with Gasteiger partial charge in [0.1, 0.15) is 0 Å². The van der Waals surface area contributed by atoms with Gasteiger partial charge in [0.2, 0.25) is 5.91 Å². The van der Waals surface area contributed by atoms with Crippen LogP contribution < -0.4 is 5.32 Å². The van der Waals surface area contributed by atoms with E-state index in [4.69, 9.17) is 4.74 Å².